The van der Waals surface area contributed by atoms with E-state index in [0.717, 1.165) is 29.8 Å². The molecule has 102 valence electrons. The maximum absolute atomic E-state index is 5.27. The third-order valence-electron chi connectivity index (χ3n) is 2.55. The monoisotopic (exact) mass is 260 g/mol. The van der Waals surface area contributed by atoms with Gasteiger partial charge < -0.3 is 15.1 Å². The molecule has 0 aliphatic carbocycles. The van der Waals surface area contributed by atoms with Crippen LogP contribution in [0.4, 0.5) is 11.6 Å². The molecule has 2 aromatic rings. The minimum absolute atomic E-state index is 0.579. The molecule has 0 bridgehead atoms. The zero-order valence-corrected chi connectivity index (χ0v) is 11.6. The van der Waals surface area contributed by atoms with Crippen molar-refractivity contribution in [1.29, 1.82) is 0 Å². The second-order valence-corrected chi connectivity index (χ2v) is 4.89. The van der Waals surface area contributed by atoms with Crippen molar-refractivity contribution in [3.05, 3.63) is 36.0 Å². The highest BCUT2D eigenvalue weighted by molar-refractivity contribution is 5.47. The van der Waals surface area contributed by atoms with Gasteiger partial charge in [0.05, 0.1) is 12.8 Å². The van der Waals surface area contributed by atoms with Crippen molar-refractivity contribution in [3.8, 4) is 0 Å². The van der Waals surface area contributed by atoms with Gasteiger partial charge in [0.2, 0.25) is 0 Å². The fourth-order valence-corrected chi connectivity index (χ4v) is 1.65. The van der Waals surface area contributed by atoms with E-state index in [9.17, 15) is 0 Å². The van der Waals surface area contributed by atoms with Crippen LogP contribution in [0.15, 0.2) is 28.9 Å². The van der Waals surface area contributed by atoms with Crippen LogP contribution in [0.5, 0.6) is 0 Å². The van der Waals surface area contributed by atoms with Crippen molar-refractivity contribution in [1.82, 2.24) is 9.97 Å². The van der Waals surface area contributed by atoms with Crippen molar-refractivity contribution in [2.75, 3.05) is 17.2 Å². The van der Waals surface area contributed by atoms with Gasteiger partial charge in [-0.1, -0.05) is 13.8 Å². The van der Waals surface area contributed by atoms with Crippen molar-refractivity contribution in [3.63, 3.8) is 0 Å². The molecule has 5 heteroatoms. The van der Waals surface area contributed by atoms with Gasteiger partial charge in [-0.3, -0.25) is 0 Å². The van der Waals surface area contributed by atoms with Crippen LogP contribution in [0.2, 0.25) is 0 Å². The Labute approximate surface area is 113 Å². The van der Waals surface area contributed by atoms with Crippen LogP contribution in [0.1, 0.15) is 25.4 Å². The fourth-order valence-electron chi connectivity index (χ4n) is 1.65. The zero-order valence-electron chi connectivity index (χ0n) is 11.6. The first kappa shape index (κ1) is 13.4. The molecule has 0 spiro atoms. The van der Waals surface area contributed by atoms with Gasteiger partial charge in [-0.2, -0.15) is 0 Å². The lowest BCUT2D eigenvalue weighted by Gasteiger charge is -2.11. The number of furan rings is 1. The predicted octanol–water partition coefficient (Wildman–Crippen LogP) is 3.06. The Morgan fingerprint density at radius 1 is 1.21 bits per heavy atom. The van der Waals surface area contributed by atoms with E-state index in [0.29, 0.717) is 12.5 Å². The van der Waals surface area contributed by atoms with E-state index in [2.05, 4.69) is 34.4 Å². The van der Waals surface area contributed by atoms with Crippen LogP contribution in [-0.4, -0.2) is 16.5 Å². The Morgan fingerprint density at radius 3 is 2.58 bits per heavy atom. The van der Waals surface area contributed by atoms with Gasteiger partial charge in [-0.05, 0) is 25.0 Å². The predicted molar refractivity (Wildman–Crippen MR) is 76.1 cm³/mol. The quantitative estimate of drug-likeness (QED) is 0.835. The molecule has 0 radical (unpaired) electrons. The molecule has 0 atom stereocenters. The van der Waals surface area contributed by atoms with E-state index in [1.807, 2.05) is 25.1 Å². The topological polar surface area (TPSA) is 63.0 Å². The maximum atomic E-state index is 5.27. The summed E-state index contributed by atoms with van der Waals surface area (Å²) in [5.41, 5.74) is 0. The highest BCUT2D eigenvalue weighted by Crippen LogP contribution is 2.13. The van der Waals surface area contributed by atoms with Crippen molar-refractivity contribution >= 4 is 11.6 Å². The lowest BCUT2D eigenvalue weighted by atomic mass is 10.2. The third-order valence-corrected chi connectivity index (χ3v) is 2.55. The van der Waals surface area contributed by atoms with Crippen molar-refractivity contribution in [2.45, 2.75) is 27.3 Å². The smallest absolute Gasteiger partial charge is 0.132 e. The fraction of sp³-hybridized carbons (Fsp3) is 0.429. The van der Waals surface area contributed by atoms with E-state index < -0.39 is 0 Å². The van der Waals surface area contributed by atoms with Crippen LogP contribution in [-0.2, 0) is 6.54 Å². The van der Waals surface area contributed by atoms with E-state index in [-0.39, 0.29) is 0 Å². The van der Waals surface area contributed by atoms with Crippen LogP contribution in [0.3, 0.4) is 0 Å². The average Bonchev–Trinajstić information content (AvgIpc) is 2.86. The molecule has 2 aromatic heterocycles. The summed E-state index contributed by atoms with van der Waals surface area (Å²) < 4.78 is 5.27. The molecule has 0 unspecified atom stereocenters. The second-order valence-electron chi connectivity index (χ2n) is 4.89. The number of aromatic nitrogens is 2. The SMILES string of the molecule is Cc1nc(NCc2ccco2)cc(NCC(C)C)n1. The van der Waals surface area contributed by atoms with Gasteiger partial charge in [0.1, 0.15) is 23.2 Å². The Morgan fingerprint density at radius 2 is 1.95 bits per heavy atom. The molecular weight excluding hydrogens is 240 g/mol. The van der Waals surface area contributed by atoms with Gasteiger partial charge in [-0.15, -0.1) is 0 Å². The van der Waals surface area contributed by atoms with Crippen molar-refractivity contribution < 1.29 is 4.42 Å². The van der Waals surface area contributed by atoms with Crippen LogP contribution in [0, 0.1) is 12.8 Å². The van der Waals surface area contributed by atoms with E-state index in [1.54, 1.807) is 6.26 Å². The second kappa shape index (κ2) is 6.22. The third kappa shape index (κ3) is 4.28. The number of aryl methyl sites for hydroxylation is 1. The molecule has 0 aromatic carbocycles. The highest BCUT2D eigenvalue weighted by Gasteiger charge is 2.03. The number of hydrogen-bond acceptors (Lipinski definition) is 5. The Kier molecular flexibility index (Phi) is 4.39. The van der Waals surface area contributed by atoms with E-state index in [4.69, 9.17) is 4.42 Å². The molecular formula is C14H20N4O. The Balaban J connectivity index is 1.99. The van der Waals surface area contributed by atoms with Gasteiger partial charge in [0.15, 0.2) is 0 Å². The summed E-state index contributed by atoms with van der Waals surface area (Å²) in [6, 6.07) is 5.72. The normalized spacial score (nSPS) is 10.7. The molecule has 0 fully saturated rings. The summed E-state index contributed by atoms with van der Waals surface area (Å²) in [7, 11) is 0. The zero-order chi connectivity index (χ0) is 13.7. The standard InChI is InChI=1S/C14H20N4O/c1-10(2)8-15-13-7-14(18-11(3)17-13)16-9-12-5-4-6-19-12/h4-7,10H,8-9H2,1-3H3,(H2,15,16,17,18). The van der Waals surface area contributed by atoms with E-state index >= 15 is 0 Å². The lowest BCUT2D eigenvalue weighted by molar-refractivity contribution is 0.518. The first-order valence-electron chi connectivity index (χ1n) is 6.49. The summed E-state index contributed by atoms with van der Waals surface area (Å²) in [5, 5.41) is 6.54. The largest absolute Gasteiger partial charge is 0.467 e. The lowest BCUT2D eigenvalue weighted by Crippen LogP contribution is -2.11. The van der Waals surface area contributed by atoms with Gasteiger partial charge in [-0.25, -0.2) is 9.97 Å². The first-order chi connectivity index (χ1) is 9.13. The summed E-state index contributed by atoms with van der Waals surface area (Å²) in [6.45, 7) is 7.73. The van der Waals surface area contributed by atoms with Gasteiger partial charge in [0.25, 0.3) is 0 Å². The summed E-state index contributed by atoms with van der Waals surface area (Å²) in [4.78, 5) is 8.72. The summed E-state index contributed by atoms with van der Waals surface area (Å²) in [5.74, 6) is 3.86. The van der Waals surface area contributed by atoms with E-state index in [1.165, 1.54) is 0 Å². The summed E-state index contributed by atoms with van der Waals surface area (Å²) in [6.07, 6.45) is 1.66. The Bertz CT molecular complexity index is 508. The number of hydrogen-bond donors (Lipinski definition) is 2. The molecule has 0 amide bonds. The molecule has 0 aliphatic rings. The molecule has 2 N–H and O–H groups in total. The number of anilines is 2. The Hall–Kier alpha value is -2.04. The minimum Gasteiger partial charge on any atom is -0.467 e. The van der Waals surface area contributed by atoms with Gasteiger partial charge in [0, 0.05) is 12.6 Å². The van der Waals surface area contributed by atoms with Crippen molar-refractivity contribution in [2.24, 2.45) is 5.92 Å². The number of nitrogens with zero attached hydrogens (tertiary/aromatic N) is 2. The molecule has 2 heterocycles. The van der Waals surface area contributed by atoms with Crippen LogP contribution >= 0.6 is 0 Å². The van der Waals surface area contributed by atoms with Crippen LogP contribution in [0.25, 0.3) is 0 Å². The number of nitrogens with one attached hydrogen (secondary N) is 2. The molecule has 5 nitrogen and oxygen atoms in total. The first-order valence-corrected chi connectivity index (χ1v) is 6.49. The number of rotatable bonds is 6. The molecule has 0 saturated carbocycles. The molecule has 19 heavy (non-hydrogen) atoms. The van der Waals surface area contributed by atoms with Crippen LogP contribution < -0.4 is 10.6 Å². The molecule has 2 rings (SSSR count). The molecule has 0 aliphatic heterocycles. The minimum atomic E-state index is 0.579. The highest BCUT2D eigenvalue weighted by atomic mass is 16.3. The maximum Gasteiger partial charge on any atom is 0.132 e. The molecule has 0 saturated heterocycles. The van der Waals surface area contributed by atoms with Gasteiger partial charge >= 0.3 is 0 Å². The summed E-state index contributed by atoms with van der Waals surface area (Å²) >= 11 is 0. The average molecular weight is 260 g/mol.